The second kappa shape index (κ2) is 9.37. The Balaban J connectivity index is 1.46. The van der Waals surface area contributed by atoms with Crippen LogP contribution >= 0.6 is 11.6 Å². The van der Waals surface area contributed by atoms with Crippen LogP contribution in [0, 0.1) is 13.8 Å². The zero-order valence-corrected chi connectivity index (χ0v) is 19.1. The average Bonchev–Trinajstić information content (AvgIpc) is 3.59. The molecule has 2 amide bonds. The molecule has 4 rings (SSSR count). The molecule has 0 aliphatic rings. The standard InChI is InChI=1S/C22H23ClN6O4/c1-4-28-12-17(20(27-28)22(31)24-10-15-6-5-9-32-15)25-21(30)18-8-7-16(33-18)11-29-14(3)19(23)13(2)26-29/h5-9,12H,4,10-11H2,1-3H3,(H,24,31)(H,25,30). The normalized spacial score (nSPS) is 11.0. The molecule has 11 heteroatoms. The van der Waals surface area contributed by atoms with Crippen LogP contribution in [0.3, 0.4) is 0 Å². The summed E-state index contributed by atoms with van der Waals surface area (Å²) in [5.41, 5.74) is 1.92. The van der Waals surface area contributed by atoms with Gasteiger partial charge in [0.1, 0.15) is 11.5 Å². The molecule has 10 nitrogen and oxygen atoms in total. The summed E-state index contributed by atoms with van der Waals surface area (Å²) in [6, 6.07) is 6.76. The number of furan rings is 2. The lowest BCUT2D eigenvalue weighted by molar-refractivity contribution is 0.0943. The van der Waals surface area contributed by atoms with Crippen molar-refractivity contribution >= 4 is 29.1 Å². The minimum Gasteiger partial charge on any atom is -0.467 e. The Morgan fingerprint density at radius 1 is 1.12 bits per heavy atom. The summed E-state index contributed by atoms with van der Waals surface area (Å²) >= 11 is 6.19. The maximum Gasteiger partial charge on any atom is 0.291 e. The molecule has 0 aromatic carbocycles. The van der Waals surface area contributed by atoms with Gasteiger partial charge in [0.2, 0.25) is 0 Å². The van der Waals surface area contributed by atoms with Crippen LogP contribution in [0.2, 0.25) is 5.02 Å². The van der Waals surface area contributed by atoms with Crippen LogP contribution in [0.5, 0.6) is 0 Å². The molecule has 0 spiro atoms. The summed E-state index contributed by atoms with van der Waals surface area (Å²) in [5.74, 6) is 0.321. The molecule has 0 fully saturated rings. The third kappa shape index (κ3) is 4.85. The molecule has 172 valence electrons. The zero-order chi connectivity index (χ0) is 23.5. The number of anilines is 1. The second-order valence-electron chi connectivity index (χ2n) is 7.37. The number of hydrogen-bond acceptors (Lipinski definition) is 6. The first-order chi connectivity index (χ1) is 15.9. The molecular weight excluding hydrogens is 448 g/mol. The molecular formula is C22H23ClN6O4. The fraction of sp³-hybridized carbons (Fsp3) is 0.273. The Morgan fingerprint density at radius 2 is 1.94 bits per heavy atom. The van der Waals surface area contributed by atoms with Crippen LogP contribution in [0.1, 0.15) is 50.9 Å². The van der Waals surface area contributed by atoms with Crippen molar-refractivity contribution in [2.45, 2.75) is 40.4 Å². The van der Waals surface area contributed by atoms with Crippen molar-refractivity contribution in [2.75, 3.05) is 5.32 Å². The summed E-state index contributed by atoms with van der Waals surface area (Å²) < 4.78 is 14.2. The van der Waals surface area contributed by atoms with Gasteiger partial charge in [-0.1, -0.05) is 11.6 Å². The molecule has 33 heavy (non-hydrogen) atoms. The zero-order valence-electron chi connectivity index (χ0n) is 18.4. The van der Waals surface area contributed by atoms with Crippen LogP contribution in [0.15, 0.2) is 45.6 Å². The van der Waals surface area contributed by atoms with Crippen LogP contribution in [0.4, 0.5) is 5.69 Å². The van der Waals surface area contributed by atoms with E-state index in [1.165, 1.54) is 6.26 Å². The van der Waals surface area contributed by atoms with Gasteiger partial charge in [-0.3, -0.25) is 19.0 Å². The van der Waals surface area contributed by atoms with Crippen molar-refractivity contribution in [1.29, 1.82) is 0 Å². The van der Waals surface area contributed by atoms with Gasteiger partial charge in [-0.05, 0) is 45.0 Å². The Bertz CT molecular complexity index is 1280. The number of aromatic nitrogens is 4. The van der Waals surface area contributed by atoms with E-state index in [0.717, 1.165) is 11.4 Å². The first kappa shape index (κ1) is 22.4. The molecule has 0 saturated carbocycles. The molecule has 0 atom stereocenters. The third-order valence-corrected chi connectivity index (χ3v) is 5.58. The topological polar surface area (TPSA) is 120 Å². The quantitative estimate of drug-likeness (QED) is 0.404. The van der Waals surface area contributed by atoms with Crippen molar-refractivity contribution in [3.05, 3.63) is 76.1 Å². The second-order valence-corrected chi connectivity index (χ2v) is 7.75. The average molecular weight is 471 g/mol. The van der Waals surface area contributed by atoms with Gasteiger partial charge < -0.3 is 19.5 Å². The van der Waals surface area contributed by atoms with Gasteiger partial charge in [-0.2, -0.15) is 10.2 Å². The number of carbonyl (C=O) groups is 2. The molecule has 4 aromatic heterocycles. The van der Waals surface area contributed by atoms with E-state index in [2.05, 4.69) is 20.8 Å². The van der Waals surface area contributed by atoms with E-state index in [4.69, 9.17) is 20.4 Å². The molecule has 2 N–H and O–H groups in total. The maximum absolute atomic E-state index is 12.8. The van der Waals surface area contributed by atoms with Gasteiger partial charge in [0.05, 0.1) is 41.5 Å². The van der Waals surface area contributed by atoms with E-state index < -0.39 is 11.8 Å². The minimum absolute atomic E-state index is 0.0980. The van der Waals surface area contributed by atoms with E-state index in [9.17, 15) is 9.59 Å². The SMILES string of the molecule is CCn1cc(NC(=O)c2ccc(Cn3nc(C)c(Cl)c3C)o2)c(C(=O)NCc2ccco2)n1. The molecule has 0 bridgehead atoms. The fourth-order valence-corrected chi connectivity index (χ4v) is 3.39. The lowest BCUT2D eigenvalue weighted by Crippen LogP contribution is -2.25. The molecule has 4 heterocycles. The number of hydrogen-bond donors (Lipinski definition) is 2. The highest BCUT2D eigenvalue weighted by atomic mass is 35.5. The number of amides is 2. The van der Waals surface area contributed by atoms with Gasteiger partial charge in [-0.25, -0.2) is 0 Å². The molecule has 0 aliphatic heterocycles. The van der Waals surface area contributed by atoms with Crippen LogP contribution in [-0.4, -0.2) is 31.4 Å². The summed E-state index contributed by atoms with van der Waals surface area (Å²) in [6.45, 7) is 6.64. The van der Waals surface area contributed by atoms with Crippen molar-refractivity contribution in [3.63, 3.8) is 0 Å². The lowest BCUT2D eigenvalue weighted by atomic mass is 10.3. The summed E-state index contributed by atoms with van der Waals surface area (Å²) in [7, 11) is 0. The van der Waals surface area contributed by atoms with Crippen molar-refractivity contribution in [3.8, 4) is 0 Å². The van der Waals surface area contributed by atoms with Gasteiger partial charge in [0.25, 0.3) is 11.8 Å². The molecule has 0 unspecified atom stereocenters. The number of rotatable bonds is 8. The molecule has 0 aliphatic carbocycles. The third-order valence-electron chi connectivity index (χ3n) is 5.04. The lowest BCUT2D eigenvalue weighted by Gasteiger charge is -2.05. The van der Waals surface area contributed by atoms with E-state index in [0.29, 0.717) is 29.6 Å². The van der Waals surface area contributed by atoms with Crippen LogP contribution < -0.4 is 10.6 Å². The number of nitrogens with one attached hydrogen (secondary N) is 2. The number of nitrogens with zero attached hydrogens (tertiary/aromatic N) is 4. The Kier molecular flexibility index (Phi) is 6.36. The van der Waals surface area contributed by atoms with Crippen LogP contribution in [-0.2, 0) is 19.6 Å². The van der Waals surface area contributed by atoms with Crippen molar-refractivity contribution < 1.29 is 18.4 Å². The van der Waals surface area contributed by atoms with Gasteiger partial charge in [-0.15, -0.1) is 0 Å². The predicted octanol–water partition coefficient (Wildman–Crippen LogP) is 3.79. The Morgan fingerprint density at radius 3 is 2.61 bits per heavy atom. The highest BCUT2D eigenvalue weighted by Gasteiger charge is 2.21. The van der Waals surface area contributed by atoms with E-state index in [1.807, 2.05) is 20.8 Å². The van der Waals surface area contributed by atoms with E-state index >= 15 is 0 Å². The highest BCUT2D eigenvalue weighted by molar-refractivity contribution is 6.31. The predicted molar refractivity (Wildman–Crippen MR) is 120 cm³/mol. The van der Waals surface area contributed by atoms with Crippen molar-refractivity contribution in [1.82, 2.24) is 24.9 Å². The first-order valence-corrected chi connectivity index (χ1v) is 10.7. The minimum atomic E-state index is -0.497. The largest absolute Gasteiger partial charge is 0.467 e. The summed E-state index contributed by atoms with van der Waals surface area (Å²) in [4.78, 5) is 25.4. The number of aryl methyl sites for hydroxylation is 2. The summed E-state index contributed by atoms with van der Waals surface area (Å²) in [5, 5.41) is 14.7. The first-order valence-electron chi connectivity index (χ1n) is 10.3. The Labute approximate surface area is 194 Å². The van der Waals surface area contributed by atoms with Crippen molar-refractivity contribution in [2.24, 2.45) is 0 Å². The van der Waals surface area contributed by atoms with Gasteiger partial charge in [0, 0.05) is 12.7 Å². The monoisotopic (exact) mass is 470 g/mol. The smallest absolute Gasteiger partial charge is 0.291 e. The Hall–Kier alpha value is -3.79. The van der Waals surface area contributed by atoms with E-state index in [1.54, 1.807) is 39.8 Å². The molecule has 0 radical (unpaired) electrons. The fourth-order valence-electron chi connectivity index (χ4n) is 3.25. The molecule has 4 aromatic rings. The molecule has 0 saturated heterocycles. The van der Waals surface area contributed by atoms with Gasteiger partial charge >= 0.3 is 0 Å². The summed E-state index contributed by atoms with van der Waals surface area (Å²) in [6.07, 6.45) is 3.13. The van der Waals surface area contributed by atoms with Gasteiger partial charge in [0.15, 0.2) is 11.5 Å². The van der Waals surface area contributed by atoms with E-state index in [-0.39, 0.29) is 23.7 Å². The highest BCUT2D eigenvalue weighted by Crippen LogP contribution is 2.21. The number of carbonyl (C=O) groups excluding carboxylic acids is 2. The van der Waals surface area contributed by atoms with Crippen LogP contribution in [0.25, 0.3) is 0 Å². The number of halogens is 1. The maximum atomic E-state index is 12.8.